The molecule has 146 valence electrons. The fraction of sp³-hybridized carbons (Fsp3) is 0.227. The molecule has 0 bridgehead atoms. The molecule has 0 fully saturated rings. The van der Waals surface area contributed by atoms with Crippen molar-refractivity contribution in [1.82, 2.24) is 5.32 Å². The van der Waals surface area contributed by atoms with Gasteiger partial charge in [0.15, 0.2) is 11.5 Å². The smallest absolute Gasteiger partial charge is 0.225 e. The fourth-order valence-electron chi connectivity index (χ4n) is 3.05. The minimum atomic E-state index is -0.185. The molecule has 3 aromatic rings. The van der Waals surface area contributed by atoms with E-state index >= 15 is 0 Å². The van der Waals surface area contributed by atoms with E-state index in [1.165, 1.54) is 0 Å². The van der Waals surface area contributed by atoms with E-state index in [1.807, 2.05) is 47.8 Å². The van der Waals surface area contributed by atoms with Gasteiger partial charge in [0.1, 0.15) is 0 Å². The predicted molar refractivity (Wildman–Crippen MR) is 111 cm³/mol. The van der Waals surface area contributed by atoms with Crippen molar-refractivity contribution < 1.29 is 19.0 Å². The summed E-state index contributed by atoms with van der Waals surface area (Å²) in [7, 11) is 4.67. The van der Waals surface area contributed by atoms with Crippen molar-refractivity contribution in [2.24, 2.45) is 0 Å². The first-order chi connectivity index (χ1) is 13.7. The summed E-state index contributed by atoms with van der Waals surface area (Å²) in [5.41, 5.74) is 1.83. The zero-order valence-corrected chi connectivity index (χ0v) is 16.9. The van der Waals surface area contributed by atoms with Crippen molar-refractivity contribution in [2.45, 2.75) is 12.5 Å². The number of thiophene rings is 1. The number of hydrogen-bond acceptors (Lipinski definition) is 5. The summed E-state index contributed by atoms with van der Waals surface area (Å²) in [6.45, 7) is 0. The van der Waals surface area contributed by atoms with Gasteiger partial charge in [-0.2, -0.15) is 0 Å². The molecule has 0 aliphatic heterocycles. The van der Waals surface area contributed by atoms with E-state index in [2.05, 4.69) is 5.32 Å². The maximum atomic E-state index is 12.8. The van der Waals surface area contributed by atoms with Gasteiger partial charge in [-0.3, -0.25) is 4.79 Å². The van der Waals surface area contributed by atoms with Crippen LogP contribution in [0.4, 0.5) is 0 Å². The van der Waals surface area contributed by atoms with E-state index in [0.29, 0.717) is 17.2 Å². The molecule has 0 spiro atoms. The first kappa shape index (κ1) is 19.8. The van der Waals surface area contributed by atoms with Gasteiger partial charge >= 0.3 is 0 Å². The molecular formula is C22H23NO4S. The highest BCUT2D eigenvalue weighted by Gasteiger charge is 2.19. The van der Waals surface area contributed by atoms with Gasteiger partial charge in [-0.25, -0.2) is 0 Å². The molecule has 0 saturated carbocycles. The molecule has 1 N–H and O–H groups in total. The first-order valence-corrected chi connectivity index (χ1v) is 9.70. The monoisotopic (exact) mass is 397 g/mol. The lowest BCUT2D eigenvalue weighted by atomic mass is 10.0. The van der Waals surface area contributed by atoms with Gasteiger partial charge in [0.2, 0.25) is 11.7 Å². The Morgan fingerprint density at radius 1 is 0.964 bits per heavy atom. The second kappa shape index (κ2) is 9.28. The average Bonchev–Trinajstić information content (AvgIpc) is 3.26. The highest BCUT2D eigenvalue weighted by molar-refractivity contribution is 7.10. The number of amides is 1. The van der Waals surface area contributed by atoms with Crippen LogP contribution >= 0.6 is 11.3 Å². The summed E-state index contributed by atoms with van der Waals surface area (Å²) in [5, 5.41) is 5.16. The third-order valence-electron chi connectivity index (χ3n) is 4.36. The topological polar surface area (TPSA) is 56.8 Å². The van der Waals surface area contributed by atoms with E-state index in [0.717, 1.165) is 16.0 Å². The fourth-order valence-corrected chi connectivity index (χ4v) is 3.86. The Kier molecular flexibility index (Phi) is 6.55. The predicted octanol–water partition coefficient (Wildman–Crippen LogP) is 4.22. The molecule has 1 atom stereocenters. The summed E-state index contributed by atoms with van der Waals surface area (Å²) in [6.07, 6.45) is 0.200. The Morgan fingerprint density at radius 2 is 1.64 bits per heavy atom. The quantitative estimate of drug-likeness (QED) is 0.618. The lowest BCUT2D eigenvalue weighted by molar-refractivity contribution is -0.120. The number of benzene rings is 2. The van der Waals surface area contributed by atoms with Crippen LogP contribution in [0.15, 0.2) is 60.0 Å². The van der Waals surface area contributed by atoms with Crippen LogP contribution in [0.2, 0.25) is 0 Å². The average molecular weight is 397 g/mol. The molecule has 1 aromatic heterocycles. The minimum absolute atomic E-state index is 0.0865. The van der Waals surface area contributed by atoms with Crippen molar-refractivity contribution in [2.75, 3.05) is 21.3 Å². The standard InChI is InChI=1S/C22H23NO4S/c1-25-17-12-15(13-18(26-2)22(17)27-3)14-20(24)23-21(19-10-7-11-28-19)16-8-5-4-6-9-16/h4-13,21H,14H2,1-3H3,(H,23,24)/t21-/m0/s1. The van der Waals surface area contributed by atoms with Gasteiger partial charge in [0.25, 0.3) is 0 Å². The molecular weight excluding hydrogens is 374 g/mol. The van der Waals surface area contributed by atoms with E-state index in [4.69, 9.17) is 14.2 Å². The summed E-state index contributed by atoms with van der Waals surface area (Å²) < 4.78 is 16.1. The van der Waals surface area contributed by atoms with Crippen LogP contribution in [0.25, 0.3) is 0 Å². The third kappa shape index (κ3) is 4.46. The number of methoxy groups -OCH3 is 3. The summed E-state index contributed by atoms with van der Waals surface area (Å²) in [4.78, 5) is 13.9. The normalized spacial score (nSPS) is 11.5. The SMILES string of the molecule is COc1cc(CC(=O)N[C@@H](c2ccccc2)c2cccs2)cc(OC)c1OC. The molecule has 1 amide bonds. The number of nitrogens with one attached hydrogen (secondary N) is 1. The van der Waals surface area contributed by atoms with Crippen molar-refractivity contribution in [3.63, 3.8) is 0 Å². The van der Waals surface area contributed by atoms with Crippen LogP contribution in [0.3, 0.4) is 0 Å². The van der Waals surface area contributed by atoms with Crippen molar-refractivity contribution >= 4 is 17.2 Å². The van der Waals surface area contributed by atoms with Crippen LogP contribution in [0.1, 0.15) is 22.0 Å². The lowest BCUT2D eigenvalue weighted by Gasteiger charge is -2.19. The van der Waals surface area contributed by atoms with Crippen LogP contribution in [-0.4, -0.2) is 27.2 Å². The lowest BCUT2D eigenvalue weighted by Crippen LogP contribution is -2.30. The van der Waals surface area contributed by atoms with Gasteiger partial charge < -0.3 is 19.5 Å². The Labute approximate surface area is 168 Å². The van der Waals surface area contributed by atoms with Crippen molar-refractivity contribution in [3.8, 4) is 17.2 Å². The van der Waals surface area contributed by atoms with Crippen LogP contribution in [-0.2, 0) is 11.2 Å². The molecule has 28 heavy (non-hydrogen) atoms. The van der Waals surface area contributed by atoms with Crippen LogP contribution < -0.4 is 19.5 Å². The summed E-state index contributed by atoms with van der Waals surface area (Å²) >= 11 is 1.62. The van der Waals surface area contributed by atoms with Crippen LogP contribution in [0.5, 0.6) is 17.2 Å². The van der Waals surface area contributed by atoms with Gasteiger partial charge in [-0.15, -0.1) is 11.3 Å². The molecule has 2 aromatic carbocycles. The molecule has 0 saturated heterocycles. The summed E-state index contributed by atoms with van der Waals surface area (Å²) in [5.74, 6) is 1.48. The van der Waals surface area contributed by atoms with Gasteiger partial charge in [-0.1, -0.05) is 36.4 Å². The molecule has 0 aliphatic rings. The number of ether oxygens (including phenoxy) is 3. The van der Waals surface area contributed by atoms with Crippen molar-refractivity contribution in [1.29, 1.82) is 0 Å². The Bertz CT molecular complexity index is 885. The van der Waals surface area contributed by atoms with E-state index in [-0.39, 0.29) is 18.4 Å². The van der Waals surface area contributed by atoms with Crippen LogP contribution in [0, 0.1) is 0 Å². The number of rotatable bonds is 8. The zero-order chi connectivity index (χ0) is 19.9. The molecule has 0 radical (unpaired) electrons. The number of hydrogen-bond donors (Lipinski definition) is 1. The largest absolute Gasteiger partial charge is 0.493 e. The highest BCUT2D eigenvalue weighted by Crippen LogP contribution is 2.38. The van der Waals surface area contributed by atoms with Gasteiger partial charge in [0, 0.05) is 4.88 Å². The van der Waals surface area contributed by atoms with Gasteiger partial charge in [0.05, 0.1) is 33.8 Å². The second-order valence-electron chi connectivity index (χ2n) is 6.14. The van der Waals surface area contributed by atoms with E-state index < -0.39 is 0 Å². The Hall–Kier alpha value is -2.99. The molecule has 6 heteroatoms. The van der Waals surface area contributed by atoms with E-state index in [1.54, 1.807) is 44.8 Å². The second-order valence-corrected chi connectivity index (χ2v) is 7.12. The molecule has 5 nitrogen and oxygen atoms in total. The number of carbonyl (C=O) groups is 1. The summed E-state index contributed by atoms with van der Waals surface area (Å²) in [6, 6.07) is 17.4. The number of carbonyl (C=O) groups excluding carboxylic acids is 1. The maximum absolute atomic E-state index is 12.8. The molecule has 1 heterocycles. The maximum Gasteiger partial charge on any atom is 0.225 e. The zero-order valence-electron chi connectivity index (χ0n) is 16.1. The third-order valence-corrected chi connectivity index (χ3v) is 5.29. The van der Waals surface area contributed by atoms with E-state index in [9.17, 15) is 4.79 Å². The van der Waals surface area contributed by atoms with Crippen molar-refractivity contribution in [3.05, 3.63) is 76.0 Å². The minimum Gasteiger partial charge on any atom is -0.493 e. The molecule has 0 aliphatic carbocycles. The Morgan fingerprint density at radius 3 is 2.18 bits per heavy atom. The molecule has 0 unspecified atom stereocenters. The molecule has 3 rings (SSSR count). The highest BCUT2D eigenvalue weighted by atomic mass is 32.1. The van der Waals surface area contributed by atoms with Gasteiger partial charge in [-0.05, 0) is 34.7 Å². The Balaban J connectivity index is 1.82. The first-order valence-electron chi connectivity index (χ1n) is 8.82.